The molecule has 0 aromatic heterocycles. The molecular weight excluding hydrogens is 693 g/mol. The van der Waals surface area contributed by atoms with Crippen LogP contribution >= 0.6 is 23.2 Å². The third kappa shape index (κ3) is 7.27. The molecule has 0 saturated heterocycles. The van der Waals surface area contributed by atoms with Crippen molar-refractivity contribution >= 4 is 68.1 Å². The van der Waals surface area contributed by atoms with E-state index in [4.69, 9.17) is 23.2 Å². The third-order valence-corrected chi connectivity index (χ3v) is 10.1. The van der Waals surface area contributed by atoms with Crippen LogP contribution in [-0.4, -0.2) is 0 Å². The lowest BCUT2D eigenvalue weighted by Gasteiger charge is -2.23. The molecule has 53 heavy (non-hydrogen) atoms. The molecule has 0 spiro atoms. The molecule has 0 radical (unpaired) electrons. The van der Waals surface area contributed by atoms with E-state index in [9.17, 15) is 10.5 Å². The summed E-state index contributed by atoms with van der Waals surface area (Å²) >= 11 is 13.0. The smallest absolute Gasteiger partial charge is 0.101 e. The highest BCUT2D eigenvalue weighted by molar-refractivity contribution is 6.34. The van der Waals surface area contributed by atoms with Gasteiger partial charge in [-0.2, -0.15) is 10.5 Å². The monoisotopic (exact) mass is 727 g/mol. The van der Waals surface area contributed by atoms with Gasteiger partial charge in [0.1, 0.15) is 12.1 Å². The minimum atomic E-state index is -0.134. The van der Waals surface area contributed by atoms with E-state index in [0.717, 1.165) is 50.2 Å². The van der Waals surface area contributed by atoms with Crippen molar-refractivity contribution in [1.82, 2.24) is 0 Å². The summed E-state index contributed by atoms with van der Waals surface area (Å²) in [4.78, 5) is 0. The molecule has 7 rings (SSSR count). The molecule has 0 heterocycles. The molecule has 0 fully saturated rings. The van der Waals surface area contributed by atoms with Crippen molar-refractivity contribution in [2.45, 2.75) is 26.7 Å². The molecule has 0 atom stereocenters. The van der Waals surface area contributed by atoms with E-state index >= 15 is 0 Å². The zero-order valence-corrected chi connectivity index (χ0v) is 30.9. The molecular formula is C46H35Cl2N5. The highest BCUT2D eigenvalue weighted by atomic mass is 35.5. The van der Waals surface area contributed by atoms with Crippen LogP contribution < -0.4 is 16.0 Å². The van der Waals surface area contributed by atoms with Gasteiger partial charge in [-0.1, -0.05) is 108 Å². The summed E-state index contributed by atoms with van der Waals surface area (Å²) in [6, 6.07) is 48.9. The van der Waals surface area contributed by atoms with Crippen molar-refractivity contribution in [2.24, 2.45) is 0 Å². The summed E-state index contributed by atoms with van der Waals surface area (Å²) in [5.74, 6) is -0.134. The Kier molecular flexibility index (Phi) is 10.1. The molecule has 0 aliphatic rings. The SMILES string of the molecule is Cc1cc(C)c(Nc2ccc(C(c3ccc(Nc4c(Cl)cccc4C#N)cc3)c3ccc(Nc4c(Cl)cccc4C#N)cc3)c3ccccc23)c(C)c1. The van der Waals surface area contributed by atoms with E-state index in [1.54, 1.807) is 36.4 Å². The number of hydrogen-bond acceptors (Lipinski definition) is 5. The molecule has 0 aliphatic heterocycles. The third-order valence-electron chi connectivity index (χ3n) is 9.50. The molecule has 7 heteroatoms. The molecule has 3 N–H and O–H groups in total. The van der Waals surface area contributed by atoms with Gasteiger partial charge >= 0.3 is 0 Å². The first-order valence-corrected chi connectivity index (χ1v) is 18.0. The van der Waals surface area contributed by atoms with Gasteiger partial charge in [0.05, 0.1) is 32.5 Å². The number of rotatable bonds is 9. The van der Waals surface area contributed by atoms with Crippen LogP contribution in [0.2, 0.25) is 10.0 Å². The standard InChI is InChI=1S/C46H35Cl2N5/c1-28-24-29(2)44(30(3)25-28)53-42-23-22-39(37-10-4-5-11-38(37)42)43(31-14-18-35(19-15-31)51-45-33(26-49)8-6-12-40(45)47)32-16-20-36(21-17-32)52-46-34(27-50)9-7-13-41(46)48/h4-25,43,51-53H,1-3H3. The average Bonchev–Trinajstić information content (AvgIpc) is 3.16. The van der Waals surface area contributed by atoms with E-state index < -0.39 is 0 Å². The molecule has 0 amide bonds. The van der Waals surface area contributed by atoms with E-state index in [0.29, 0.717) is 32.5 Å². The summed E-state index contributed by atoms with van der Waals surface area (Å²) in [7, 11) is 0. The highest BCUT2D eigenvalue weighted by Gasteiger charge is 2.21. The lowest BCUT2D eigenvalue weighted by atomic mass is 9.82. The summed E-state index contributed by atoms with van der Waals surface area (Å²) in [6.45, 7) is 6.41. The number of aryl methyl sites for hydroxylation is 3. The molecule has 7 aromatic rings. The lowest BCUT2D eigenvalue weighted by Crippen LogP contribution is -2.06. The summed E-state index contributed by atoms with van der Waals surface area (Å²) in [6.07, 6.45) is 0. The Labute approximate surface area is 320 Å². The number of nitriles is 2. The van der Waals surface area contributed by atoms with Crippen LogP contribution in [0.1, 0.15) is 50.4 Å². The van der Waals surface area contributed by atoms with Crippen molar-refractivity contribution in [3.05, 3.63) is 188 Å². The van der Waals surface area contributed by atoms with Gasteiger partial charge < -0.3 is 16.0 Å². The van der Waals surface area contributed by atoms with Crippen LogP contribution in [0.5, 0.6) is 0 Å². The lowest BCUT2D eigenvalue weighted by molar-refractivity contribution is 0.990. The number of benzene rings is 7. The second-order valence-corrected chi connectivity index (χ2v) is 13.9. The van der Waals surface area contributed by atoms with Gasteiger partial charge in [-0.25, -0.2) is 0 Å². The zero-order valence-electron chi connectivity index (χ0n) is 29.4. The number of nitrogens with one attached hydrogen (secondary N) is 3. The molecule has 0 saturated carbocycles. The minimum absolute atomic E-state index is 0.134. The fraction of sp³-hybridized carbons (Fsp3) is 0.0870. The Morgan fingerprint density at radius 2 is 1.00 bits per heavy atom. The van der Waals surface area contributed by atoms with Crippen LogP contribution in [0, 0.1) is 43.4 Å². The fourth-order valence-electron chi connectivity index (χ4n) is 7.04. The normalized spacial score (nSPS) is 10.9. The molecule has 0 unspecified atom stereocenters. The fourth-order valence-corrected chi connectivity index (χ4v) is 7.49. The largest absolute Gasteiger partial charge is 0.355 e. The molecule has 0 aliphatic carbocycles. The Morgan fingerprint density at radius 3 is 1.49 bits per heavy atom. The van der Waals surface area contributed by atoms with E-state index in [2.05, 4.69) is 122 Å². The van der Waals surface area contributed by atoms with Crippen LogP contribution in [0.25, 0.3) is 10.8 Å². The predicted octanol–water partition coefficient (Wildman–Crippen LogP) is 13.2. The molecule has 258 valence electrons. The first kappa shape index (κ1) is 35.2. The zero-order chi connectivity index (χ0) is 37.1. The predicted molar refractivity (Wildman–Crippen MR) is 221 cm³/mol. The maximum absolute atomic E-state index is 9.68. The maximum Gasteiger partial charge on any atom is 0.101 e. The van der Waals surface area contributed by atoms with Gasteiger partial charge in [0, 0.05) is 34.1 Å². The van der Waals surface area contributed by atoms with Gasteiger partial charge in [-0.3, -0.25) is 0 Å². The maximum atomic E-state index is 9.68. The molecule has 0 bridgehead atoms. The quantitative estimate of drug-likeness (QED) is 0.129. The average molecular weight is 729 g/mol. The Morgan fingerprint density at radius 1 is 0.509 bits per heavy atom. The van der Waals surface area contributed by atoms with E-state index in [-0.39, 0.29) is 5.92 Å². The number of para-hydroxylation sites is 2. The van der Waals surface area contributed by atoms with Gasteiger partial charge in [-0.05, 0) is 109 Å². The Balaban J connectivity index is 1.31. The number of fused-ring (bicyclic) bond motifs is 1. The van der Waals surface area contributed by atoms with Crippen molar-refractivity contribution < 1.29 is 0 Å². The van der Waals surface area contributed by atoms with Gasteiger partial charge in [-0.15, -0.1) is 0 Å². The summed E-state index contributed by atoms with van der Waals surface area (Å²) < 4.78 is 0. The highest BCUT2D eigenvalue weighted by Crippen LogP contribution is 2.41. The molecule has 7 aromatic carbocycles. The van der Waals surface area contributed by atoms with Crippen molar-refractivity contribution in [2.75, 3.05) is 16.0 Å². The first-order valence-electron chi connectivity index (χ1n) is 17.2. The number of anilines is 6. The van der Waals surface area contributed by atoms with Crippen LogP contribution in [-0.2, 0) is 0 Å². The van der Waals surface area contributed by atoms with Crippen LogP contribution in [0.15, 0.2) is 133 Å². The molecule has 5 nitrogen and oxygen atoms in total. The van der Waals surface area contributed by atoms with Gasteiger partial charge in [0.15, 0.2) is 0 Å². The second-order valence-electron chi connectivity index (χ2n) is 13.1. The number of nitrogens with zero attached hydrogens (tertiary/aromatic N) is 2. The number of halogens is 2. The van der Waals surface area contributed by atoms with Gasteiger partial charge in [0.25, 0.3) is 0 Å². The van der Waals surface area contributed by atoms with Crippen molar-refractivity contribution in [3.63, 3.8) is 0 Å². The Hall–Kier alpha value is -6.24. The summed E-state index contributed by atoms with van der Waals surface area (Å²) in [5.41, 5.74) is 12.9. The summed E-state index contributed by atoms with van der Waals surface area (Å²) in [5, 5.41) is 33.0. The van der Waals surface area contributed by atoms with Crippen molar-refractivity contribution in [3.8, 4) is 12.1 Å². The van der Waals surface area contributed by atoms with E-state index in [1.807, 2.05) is 24.3 Å². The van der Waals surface area contributed by atoms with Crippen LogP contribution in [0.4, 0.5) is 34.1 Å². The van der Waals surface area contributed by atoms with Crippen LogP contribution in [0.3, 0.4) is 0 Å². The minimum Gasteiger partial charge on any atom is -0.355 e. The number of hydrogen-bond donors (Lipinski definition) is 3. The van der Waals surface area contributed by atoms with E-state index in [1.165, 1.54) is 16.7 Å². The first-order chi connectivity index (χ1) is 25.7. The second kappa shape index (κ2) is 15.2. The van der Waals surface area contributed by atoms with Crippen molar-refractivity contribution in [1.29, 1.82) is 10.5 Å². The topological polar surface area (TPSA) is 83.7 Å². The van der Waals surface area contributed by atoms with Gasteiger partial charge in [0.2, 0.25) is 0 Å². The Bertz CT molecular complexity index is 2430.